The van der Waals surface area contributed by atoms with Crippen molar-refractivity contribution in [2.45, 2.75) is 211 Å². The first-order chi connectivity index (χ1) is 31.0. The maximum atomic E-state index is 4.93. The van der Waals surface area contributed by atoms with Crippen LogP contribution in [0.4, 0.5) is 0 Å². The molecule has 2 radical (unpaired) electrons. The second-order valence-electron chi connectivity index (χ2n) is 26.6. The van der Waals surface area contributed by atoms with Crippen LogP contribution in [0.3, 0.4) is 0 Å². The van der Waals surface area contributed by atoms with Crippen LogP contribution in [0.15, 0.2) is 84.9 Å². The van der Waals surface area contributed by atoms with E-state index in [-0.39, 0.29) is 32.5 Å². The van der Waals surface area contributed by atoms with E-state index in [9.17, 15) is 0 Å². The van der Waals surface area contributed by atoms with Crippen LogP contribution in [0.1, 0.15) is 197 Å². The Kier molecular flexibility index (Phi) is 20.8. The minimum atomic E-state index is -0.826. The molecule has 4 heteroatoms. The van der Waals surface area contributed by atoms with Crippen molar-refractivity contribution in [1.29, 1.82) is 0 Å². The van der Waals surface area contributed by atoms with Crippen molar-refractivity contribution >= 4 is 48.1 Å². The van der Waals surface area contributed by atoms with E-state index in [1.807, 2.05) is 0 Å². The Hall–Kier alpha value is -2.22. The molecule has 0 heterocycles. The molecule has 68 heavy (non-hydrogen) atoms. The predicted octanol–water partition coefficient (Wildman–Crippen LogP) is 20.8. The van der Waals surface area contributed by atoms with E-state index in [4.69, 9.17) is 17.0 Å². The van der Waals surface area contributed by atoms with Gasteiger partial charge in [-0.1, -0.05) is 224 Å². The van der Waals surface area contributed by atoms with Gasteiger partial charge in [0.05, 0.1) is 0 Å². The minimum absolute atomic E-state index is 0.0820. The van der Waals surface area contributed by atoms with E-state index < -0.39 is 20.8 Å². The van der Waals surface area contributed by atoms with Crippen LogP contribution in [-0.2, 0) is 66.2 Å². The normalized spacial score (nSPS) is 12.6. The average molecular weight is 1050 g/mol. The summed E-state index contributed by atoms with van der Waals surface area (Å²) in [7, 11) is 11.0. The van der Waals surface area contributed by atoms with Crippen LogP contribution < -0.4 is 0 Å². The number of rotatable bonds is 6. The molecule has 6 aromatic carbocycles. The molecule has 0 aliphatic rings. The van der Waals surface area contributed by atoms with E-state index in [0.29, 0.717) is 11.8 Å². The Balaban J connectivity index is 0.000000323. The molecule has 0 aliphatic heterocycles. The van der Waals surface area contributed by atoms with Gasteiger partial charge in [0.2, 0.25) is 0 Å². The molecule has 0 atom stereocenters. The molecule has 0 saturated heterocycles. The zero-order valence-corrected chi connectivity index (χ0v) is 52.4. The summed E-state index contributed by atoms with van der Waals surface area (Å²) in [6.45, 7) is 55.5. The molecule has 6 rings (SSSR count). The van der Waals surface area contributed by atoms with Crippen molar-refractivity contribution in [2.75, 3.05) is 0 Å². The van der Waals surface area contributed by atoms with Gasteiger partial charge in [-0.3, -0.25) is 0 Å². The molecular formula is C64H92Cl2SiZr. The summed E-state index contributed by atoms with van der Waals surface area (Å²) in [6, 6.07) is 33.8. The first-order valence-electron chi connectivity index (χ1n) is 25.3. The SMILES string of the molecule is CC(C)Cc1cc2c(-c3cc(C(C)(C)C)cc(C(C)(C)C)c3)c(C(C)(C)C)ccc2[cH-]1.CC(C)Cc1cc2c(-c3cc(C(C)(C)C)cc(C(C)(C)C)c3)c(C(C)(C)C)ccc2[cH-]1.C[Si]C.[Cl][Zr+2][Cl]. The van der Waals surface area contributed by atoms with E-state index in [1.165, 1.54) is 88.3 Å². The van der Waals surface area contributed by atoms with Crippen molar-refractivity contribution < 1.29 is 20.8 Å². The third kappa shape index (κ3) is 16.4. The van der Waals surface area contributed by atoms with E-state index in [1.54, 1.807) is 0 Å². The fraction of sp³-hybridized carbons (Fsp3) is 0.531. The Morgan fingerprint density at radius 3 is 0.882 bits per heavy atom. The summed E-state index contributed by atoms with van der Waals surface area (Å²) >= 11 is -0.826. The predicted molar refractivity (Wildman–Crippen MR) is 308 cm³/mol. The van der Waals surface area contributed by atoms with Crippen LogP contribution in [0.25, 0.3) is 43.8 Å². The number of fused-ring (bicyclic) bond motifs is 2. The molecule has 0 bridgehead atoms. The van der Waals surface area contributed by atoms with Gasteiger partial charge in [0.1, 0.15) is 0 Å². The molecule has 6 aromatic rings. The molecular weight excluding hydrogens is 959 g/mol. The molecule has 0 spiro atoms. The van der Waals surface area contributed by atoms with Crippen molar-refractivity contribution in [3.05, 3.63) is 129 Å². The monoisotopic (exact) mass is 1050 g/mol. The molecule has 0 aromatic heterocycles. The molecule has 370 valence electrons. The van der Waals surface area contributed by atoms with Gasteiger partial charge in [0.25, 0.3) is 0 Å². The van der Waals surface area contributed by atoms with Crippen LogP contribution in [0, 0.1) is 11.8 Å². The summed E-state index contributed by atoms with van der Waals surface area (Å²) < 4.78 is 0. The summed E-state index contributed by atoms with van der Waals surface area (Å²) in [5.41, 5.74) is 17.7. The van der Waals surface area contributed by atoms with E-state index in [2.05, 4.69) is 250 Å². The molecule has 0 saturated carbocycles. The first-order valence-corrected chi connectivity index (χ1v) is 33.6. The van der Waals surface area contributed by atoms with Gasteiger partial charge in [-0.05, 0) is 90.5 Å². The summed E-state index contributed by atoms with van der Waals surface area (Å²) in [6.07, 6.45) is 2.27. The zero-order valence-electron chi connectivity index (χ0n) is 47.4. The average Bonchev–Trinajstić information content (AvgIpc) is 3.78. The summed E-state index contributed by atoms with van der Waals surface area (Å²) in [5, 5.41) is 5.57. The molecule has 0 fully saturated rings. The first kappa shape index (κ1) is 60.1. The summed E-state index contributed by atoms with van der Waals surface area (Å²) in [5.74, 6) is 1.33. The van der Waals surface area contributed by atoms with Crippen molar-refractivity contribution in [2.24, 2.45) is 11.8 Å². The van der Waals surface area contributed by atoms with Crippen molar-refractivity contribution in [3.63, 3.8) is 0 Å². The van der Waals surface area contributed by atoms with E-state index >= 15 is 0 Å². The van der Waals surface area contributed by atoms with Gasteiger partial charge in [0.15, 0.2) is 0 Å². The maximum absolute atomic E-state index is 4.93. The van der Waals surface area contributed by atoms with Gasteiger partial charge < -0.3 is 0 Å². The van der Waals surface area contributed by atoms with Crippen LogP contribution in [0.5, 0.6) is 0 Å². The van der Waals surface area contributed by atoms with Crippen molar-refractivity contribution in [1.82, 2.24) is 0 Å². The molecule has 0 nitrogen and oxygen atoms in total. The van der Waals surface area contributed by atoms with Crippen LogP contribution in [-0.4, -0.2) is 9.52 Å². The van der Waals surface area contributed by atoms with Crippen molar-refractivity contribution in [3.8, 4) is 22.3 Å². The Labute approximate surface area is 439 Å². The topological polar surface area (TPSA) is 0 Å². The Morgan fingerprint density at radius 2 is 0.676 bits per heavy atom. The second kappa shape index (κ2) is 23.6. The Bertz CT molecular complexity index is 2310. The molecule has 0 N–H and O–H groups in total. The quantitative estimate of drug-likeness (QED) is 0.115. The van der Waals surface area contributed by atoms with Crippen LogP contribution in [0.2, 0.25) is 13.1 Å². The second-order valence-corrected chi connectivity index (χ2v) is 31.3. The fourth-order valence-electron chi connectivity index (χ4n) is 9.01. The molecule has 0 unspecified atom stereocenters. The van der Waals surface area contributed by atoms with E-state index in [0.717, 1.165) is 22.4 Å². The number of halogens is 2. The third-order valence-corrected chi connectivity index (χ3v) is 12.7. The van der Waals surface area contributed by atoms with Gasteiger partial charge in [0, 0.05) is 9.52 Å². The van der Waals surface area contributed by atoms with Crippen LogP contribution >= 0.6 is 17.0 Å². The van der Waals surface area contributed by atoms with Gasteiger partial charge in [-0.15, -0.1) is 69.1 Å². The third-order valence-electron chi connectivity index (χ3n) is 12.7. The number of benzene rings is 4. The van der Waals surface area contributed by atoms with Gasteiger partial charge in [-0.25, -0.2) is 0 Å². The fourth-order valence-corrected chi connectivity index (χ4v) is 9.01. The number of hydrogen-bond donors (Lipinski definition) is 0. The Morgan fingerprint density at radius 1 is 0.426 bits per heavy atom. The van der Waals surface area contributed by atoms with Gasteiger partial charge >= 0.3 is 37.9 Å². The summed E-state index contributed by atoms with van der Waals surface area (Å²) in [4.78, 5) is 0. The molecule has 0 amide bonds. The standard InChI is InChI=1S/2C31H43.C2H6Si.2ClH.Zr/c2*1-20(2)14-21-15-22-12-13-27(31(9,10)11)28(26(22)16-21)23-17-24(29(3,4)5)19-25(18-23)30(6,7)8;1-3-2;;;/h2*12-13,15-20H,14H2,1-11H3;1-2H3;2*1H;/q2*-1;;;;+4/p-2. The number of hydrogen-bond acceptors (Lipinski definition) is 0. The zero-order chi connectivity index (χ0) is 52.1. The molecule has 0 aliphatic carbocycles. The van der Waals surface area contributed by atoms with Gasteiger partial charge in [-0.2, -0.15) is 12.1 Å².